The van der Waals surface area contributed by atoms with Gasteiger partial charge in [0.15, 0.2) is 0 Å². The number of benzene rings is 2. The van der Waals surface area contributed by atoms with Crippen molar-refractivity contribution >= 4 is 22.5 Å². The van der Waals surface area contributed by atoms with E-state index in [9.17, 15) is 0 Å². The summed E-state index contributed by atoms with van der Waals surface area (Å²) in [6.07, 6.45) is 2.65. The first-order valence-corrected chi connectivity index (χ1v) is 6.59. The fourth-order valence-electron chi connectivity index (χ4n) is 2.28. The molecule has 96 valence electrons. The molecule has 0 spiro atoms. The average Bonchev–Trinajstić information content (AvgIpc) is 2.83. The van der Waals surface area contributed by atoms with E-state index >= 15 is 0 Å². The fraction of sp³-hybridized carbons (Fsp3) is 0.133. The van der Waals surface area contributed by atoms with E-state index in [0.717, 1.165) is 33.6 Å². The minimum Gasteiger partial charge on any atom is -0.330 e. The summed E-state index contributed by atoms with van der Waals surface area (Å²) < 4.78 is 1.94. The third-order valence-corrected chi connectivity index (χ3v) is 3.40. The lowest BCUT2D eigenvalue weighted by molar-refractivity contribution is 0.873. The van der Waals surface area contributed by atoms with Crippen LogP contribution in [0.15, 0.2) is 48.7 Å². The third kappa shape index (κ3) is 2.23. The molecule has 4 heteroatoms. The molecule has 1 heterocycles. The summed E-state index contributed by atoms with van der Waals surface area (Å²) in [7, 11) is 0. The SMILES string of the molecule is NCCc1cc(Cl)ccc1-n1ncc2ccccc21. The lowest BCUT2D eigenvalue weighted by Gasteiger charge is -2.10. The molecule has 0 radical (unpaired) electrons. The highest BCUT2D eigenvalue weighted by atomic mass is 35.5. The van der Waals surface area contributed by atoms with Crippen molar-refractivity contribution in [3.8, 4) is 5.69 Å². The molecule has 0 bridgehead atoms. The number of nitrogens with zero attached hydrogens (tertiary/aromatic N) is 2. The zero-order chi connectivity index (χ0) is 13.2. The van der Waals surface area contributed by atoms with Crippen LogP contribution in [0, 0.1) is 0 Å². The van der Waals surface area contributed by atoms with Gasteiger partial charge in [-0.15, -0.1) is 0 Å². The predicted molar refractivity (Wildman–Crippen MR) is 78.8 cm³/mol. The van der Waals surface area contributed by atoms with Gasteiger partial charge in [-0.3, -0.25) is 0 Å². The van der Waals surface area contributed by atoms with Crippen molar-refractivity contribution in [1.29, 1.82) is 0 Å². The largest absolute Gasteiger partial charge is 0.330 e. The van der Waals surface area contributed by atoms with Crippen LogP contribution in [0.5, 0.6) is 0 Å². The van der Waals surface area contributed by atoms with Crippen molar-refractivity contribution in [2.45, 2.75) is 6.42 Å². The fourth-order valence-corrected chi connectivity index (χ4v) is 2.47. The van der Waals surface area contributed by atoms with Gasteiger partial charge in [-0.2, -0.15) is 5.10 Å². The quantitative estimate of drug-likeness (QED) is 0.795. The molecular formula is C15H14ClN3. The van der Waals surface area contributed by atoms with Crippen molar-refractivity contribution in [2.24, 2.45) is 5.73 Å². The smallest absolute Gasteiger partial charge is 0.0741 e. The minimum absolute atomic E-state index is 0.590. The van der Waals surface area contributed by atoms with Crippen LogP contribution in [0.4, 0.5) is 0 Å². The van der Waals surface area contributed by atoms with E-state index in [2.05, 4.69) is 17.2 Å². The second-order valence-corrected chi connectivity index (χ2v) is 4.86. The molecule has 0 fully saturated rings. The van der Waals surface area contributed by atoms with Gasteiger partial charge < -0.3 is 5.73 Å². The molecule has 0 aliphatic carbocycles. The van der Waals surface area contributed by atoms with E-state index in [0.29, 0.717) is 6.54 Å². The van der Waals surface area contributed by atoms with Gasteiger partial charge in [0, 0.05) is 10.4 Å². The lowest BCUT2D eigenvalue weighted by atomic mass is 10.1. The molecule has 0 aliphatic rings. The Morgan fingerprint density at radius 2 is 2.00 bits per heavy atom. The number of hydrogen-bond donors (Lipinski definition) is 1. The number of para-hydroxylation sites is 1. The van der Waals surface area contributed by atoms with Gasteiger partial charge in [-0.25, -0.2) is 4.68 Å². The van der Waals surface area contributed by atoms with E-state index in [4.69, 9.17) is 17.3 Å². The summed E-state index contributed by atoms with van der Waals surface area (Å²) in [5, 5.41) is 6.32. The van der Waals surface area contributed by atoms with E-state index < -0.39 is 0 Å². The highest BCUT2D eigenvalue weighted by Gasteiger charge is 2.09. The number of fused-ring (bicyclic) bond motifs is 1. The highest BCUT2D eigenvalue weighted by Crippen LogP contribution is 2.23. The summed E-state index contributed by atoms with van der Waals surface area (Å²) in [4.78, 5) is 0. The highest BCUT2D eigenvalue weighted by molar-refractivity contribution is 6.30. The molecule has 2 N–H and O–H groups in total. The first-order chi connectivity index (χ1) is 9.29. The molecule has 3 nitrogen and oxygen atoms in total. The molecule has 2 aromatic carbocycles. The van der Waals surface area contributed by atoms with Gasteiger partial charge in [-0.05, 0) is 42.8 Å². The zero-order valence-electron chi connectivity index (χ0n) is 10.4. The summed E-state index contributed by atoms with van der Waals surface area (Å²) in [5.41, 5.74) is 8.91. The van der Waals surface area contributed by atoms with Gasteiger partial charge in [-0.1, -0.05) is 29.8 Å². The van der Waals surface area contributed by atoms with Crippen LogP contribution in [0.1, 0.15) is 5.56 Å². The third-order valence-electron chi connectivity index (χ3n) is 3.16. The summed E-state index contributed by atoms with van der Waals surface area (Å²) in [5.74, 6) is 0. The Morgan fingerprint density at radius 1 is 1.16 bits per heavy atom. The Hall–Kier alpha value is -1.84. The maximum atomic E-state index is 6.06. The van der Waals surface area contributed by atoms with Crippen molar-refractivity contribution in [3.63, 3.8) is 0 Å². The van der Waals surface area contributed by atoms with Gasteiger partial charge >= 0.3 is 0 Å². The molecule has 0 aliphatic heterocycles. The summed E-state index contributed by atoms with van der Waals surface area (Å²) in [6, 6.07) is 14.0. The molecule has 1 aromatic heterocycles. The first kappa shape index (κ1) is 12.2. The first-order valence-electron chi connectivity index (χ1n) is 6.21. The molecular weight excluding hydrogens is 258 g/mol. The van der Waals surface area contributed by atoms with Crippen molar-refractivity contribution in [3.05, 3.63) is 59.2 Å². The zero-order valence-corrected chi connectivity index (χ0v) is 11.1. The predicted octanol–water partition coefficient (Wildman–Crippen LogP) is 3.18. The van der Waals surface area contributed by atoms with Crippen LogP contribution in [-0.2, 0) is 6.42 Å². The molecule has 3 rings (SSSR count). The van der Waals surface area contributed by atoms with Crippen molar-refractivity contribution in [1.82, 2.24) is 9.78 Å². The molecule has 0 saturated carbocycles. The van der Waals surface area contributed by atoms with Crippen LogP contribution in [0.2, 0.25) is 5.02 Å². The molecule has 3 aromatic rings. The number of halogens is 1. The number of hydrogen-bond acceptors (Lipinski definition) is 2. The maximum Gasteiger partial charge on any atom is 0.0741 e. The molecule has 0 atom stereocenters. The van der Waals surface area contributed by atoms with Gasteiger partial charge in [0.1, 0.15) is 0 Å². The van der Waals surface area contributed by atoms with E-state index in [1.807, 2.05) is 41.2 Å². The van der Waals surface area contributed by atoms with E-state index in [1.165, 1.54) is 0 Å². The van der Waals surface area contributed by atoms with Crippen LogP contribution in [0.25, 0.3) is 16.6 Å². The van der Waals surface area contributed by atoms with Crippen molar-refractivity contribution in [2.75, 3.05) is 6.54 Å². The Labute approximate surface area is 116 Å². The monoisotopic (exact) mass is 271 g/mol. The standard InChI is InChI=1S/C15H14ClN3/c16-13-5-6-15(11(9-13)7-8-17)19-14-4-2-1-3-12(14)10-18-19/h1-6,9-10H,7-8,17H2. The van der Waals surface area contributed by atoms with E-state index in [1.54, 1.807) is 0 Å². The normalized spacial score (nSPS) is 11.1. The van der Waals surface area contributed by atoms with Crippen molar-refractivity contribution < 1.29 is 0 Å². The van der Waals surface area contributed by atoms with Gasteiger partial charge in [0.05, 0.1) is 17.4 Å². The minimum atomic E-state index is 0.590. The number of rotatable bonds is 3. The van der Waals surface area contributed by atoms with Gasteiger partial charge in [0.2, 0.25) is 0 Å². The molecule has 0 unspecified atom stereocenters. The second kappa shape index (κ2) is 5.03. The Bertz CT molecular complexity index is 718. The number of aromatic nitrogens is 2. The Balaban J connectivity index is 2.21. The summed E-state index contributed by atoms with van der Waals surface area (Å²) in [6.45, 7) is 0.590. The van der Waals surface area contributed by atoms with Crippen LogP contribution < -0.4 is 5.73 Å². The maximum absolute atomic E-state index is 6.06. The van der Waals surface area contributed by atoms with Crippen LogP contribution >= 0.6 is 11.6 Å². The van der Waals surface area contributed by atoms with Crippen LogP contribution in [-0.4, -0.2) is 16.3 Å². The molecule has 0 saturated heterocycles. The van der Waals surface area contributed by atoms with Crippen LogP contribution in [0.3, 0.4) is 0 Å². The van der Waals surface area contributed by atoms with Gasteiger partial charge in [0.25, 0.3) is 0 Å². The van der Waals surface area contributed by atoms with E-state index in [-0.39, 0.29) is 0 Å². The molecule has 0 amide bonds. The Kier molecular flexibility index (Phi) is 3.23. The number of nitrogens with two attached hydrogens (primary N) is 1. The summed E-state index contributed by atoms with van der Waals surface area (Å²) >= 11 is 6.06. The molecule has 19 heavy (non-hydrogen) atoms. The Morgan fingerprint density at radius 3 is 2.84 bits per heavy atom. The topological polar surface area (TPSA) is 43.8 Å². The lowest BCUT2D eigenvalue weighted by Crippen LogP contribution is -2.07. The second-order valence-electron chi connectivity index (χ2n) is 4.43. The average molecular weight is 272 g/mol.